The van der Waals surface area contributed by atoms with Crippen LogP contribution in [0.4, 0.5) is 22.7 Å². The summed E-state index contributed by atoms with van der Waals surface area (Å²) in [6.45, 7) is 10.8. The number of piperazine rings is 2. The van der Waals surface area contributed by atoms with Crippen LogP contribution in [0.3, 0.4) is 0 Å². The number of hydrogen-bond donors (Lipinski definition) is 4. The quantitative estimate of drug-likeness (QED) is 0.175. The molecule has 2 fully saturated rings. The normalized spacial score (nSPS) is 21.2. The lowest BCUT2D eigenvalue weighted by atomic mass is 9.99. The van der Waals surface area contributed by atoms with Crippen molar-refractivity contribution in [2.24, 2.45) is 0 Å². The maximum absolute atomic E-state index is 13.2. The molecule has 2 atom stereocenters. The van der Waals surface area contributed by atoms with Gasteiger partial charge >= 0.3 is 0 Å². The van der Waals surface area contributed by atoms with Crippen LogP contribution in [-0.4, -0.2) is 152 Å². The van der Waals surface area contributed by atoms with Crippen molar-refractivity contribution in [1.29, 1.82) is 0 Å². The van der Waals surface area contributed by atoms with Gasteiger partial charge in [-0.25, -0.2) is 19.0 Å². The van der Waals surface area contributed by atoms with E-state index in [1.807, 2.05) is 38.1 Å². The minimum absolute atomic E-state index is 0.0682. The third-order valence-corrected chi connectivity index (χ3v) is 12.1. The fourth-order valence-corrected chi connectivity index (χ4v) is 8.45. The number of amides is 2. The molecular formula is C44H52N12O6. The number of ether oxygens (including phenoxy) is 2. The number of aliphatic hydroxyl groups is 2. The summed E-state index contributed by atoms with van der Waals surface area (Å²) in [7, 11) is 4.22. The summed E-state index contributed by atoms with van der Waals surface area (Å²) in [5, 5.41) is 34.1. The zero-order chi connectivity index (χ0) is 43.2. The first-order valence-corrected chi connectivity index (χ1v) is 20.9. The first-order valence-electron chi connectivity index (χ1n) is 20.9. The van der Waals surface area contributed by atoms with E-state index in [2.05, 4.69) is 64.5 Å². The summed E-state index contributed by atoms with van der Waals surface area (Å²) >= 11 is 0. The Bertz CT molecular complexity index is 2450. The Labute approximate surface area is 358 Å². The van der Waals surface area contributed by atoms with Gasteiger partial charge in [0.2, 0.25) is 0 Å². The van der Waals surface area contributed by atoms with Crippen LogP contribution in [0.1, 0.15) is 45.7 Å². The topological polar surface area (TPSA) is 190 Å². The molecule has 4 aromatic heterocycles. The Hall–Kier alpha value is -6.34. The molecule has 2 saturated heterocycles. The summed E-state index contributed by atoms with van der Waals surface area (Å²) < 4.78 is 15.3. The minimum Gasteiger partial charge on any atom is -0.484 e. The number of benzene rings is 2. The molecule has 18 heteroatoms. The molecule has 6 aromatic rings. The zero-order valence-corrected chi connectivity index (χ0v) is 35.4. The van der Waals surface area contributed by atoms with Crippen molar-refractivity contribution in [2.75, 3.05) is 100 Å². The van der Waals surface area contributed by atoms with Gasteiger partial charge in [0, 0.05) is 113 Å². The summed E-state index contributed by atoms with van der Waals surface area (Å²) in [6, 6.07) is 11.5. The molecular weight excluding hydrogens is 793 g/mol. The van der Waals surface area contributed by atoms with Crippen LogP contribution in [0.25, 0.3) is 11.3 Å². The first-order chi connectivity index (χ1) is 29.9. The Balaban J connectivity index is 0.000000158. The van der Waals surface area contributed by atoms with Crippen molar-refractivity contribution < 1.29 is 29.3 Å². The number of carbonyl (C=O) groups is 2. The van der Waals surface area contributed by atoms with Crippen molar-refractivity contribution in [3.05, 3.63) is 95.8 Å². The van der Waals surface area contributed by atoms with E-state index in [9.17, 15) is 19.8 Å². The summed E-state index contributed by atoms with van der Waals surface area (Å²) in [4.78, 5) is 44.0. The van der Waals surface area contributed by atoms with Gasteiger partial charge < -0.3 is 49.9 Å². The lowest BCUT2D eigenvalue weighted by Crippen LogP contribution is -2.44. The van der Waals surface area contributed by atoms with Crippen LogP contribution in [0, 0.1) is 0 Å². The first kappa shape index (κ1) is 41.0. The van der Waals surface area contributed by atoms with Crippen molar-refractivity contribution >= 4 is 45.9 Å². The number of nitrogens with zero attached hydrogens (tertiary/aromatic N) is 10. The minimum atomic E-state index is -0.642. The average Bonchev–Trinajstić information content (AvgIpc) is 4.06. The highest BCUT2D eigenvalue weighted by atomic mass is 16.5. The average molecular weight is 845 g/mol. The third-order valence-electron chi connectivity index (χ3n) is 12.1. The second kappa shape index (κ2) is 16.5. The highest BCUT2D eigenvalue weighted by Gasteiger charge is 2.37. The molecule has 2 aromatic carbocycles. The van der Waals surface area contributed by atoms with Crippen molar-refractivity contribution in [2.45, 2.75) is 37.9 Å². The van der Waals surface area contributed by atoms with E-state index in [0.29, 0.717) is 35.3 Å². The summed E-state index contributed by atoms with van der Waals surface area (Å²) in [5.41, 5.74) is 5.83. The van der Waals surface area contributed by atoms with E-state index >= 15 is 0 Å². The molecule has 4 aliphatic heterocycles. The lowest BCUT2D eigenvalue weighted by Gasteiger charge is -2.35. The number of rotatable bonds is 8. The summed E-state index contributed by atoms with van der Waals surface area (Å²) in [6.07, 6.45) is 11.1. The summed E-state index contributed by atoms with van der Waals surface area (Å²) in [5.74, 6) is 1.02. The number of aromatic nitrogens is 6. The number of fused-ring (bicyclic) bond motifs is 4. The fourth-order valence-electron chi connectivity index (χ4n) is 8.45. The van der Waals surface area contributed by atoms with Gasteiger partial charge in [-0.1, -0.05) is 0 Å². The van der Waals surface area contributed by atoms with E-state index in [0.717, 1.165) is 97.7 Å². The van der Waals surface area contributed by atoms with Gasteiger partial charge in [-0.15, -0.1) is 0 Å². The van der Waals surface area contributed by atoms with Gasteiger partial charge in [0.15, 0.2) is 11.3 Å². The molecule has 10 rings (SSSR count). The van der Waals surface area contributed by atoms with Crippen LogP contribution in [0.5, 0.6) is 11.5 Å². The number of hydrogen-bond acceptors (Lipinski definition) is 14. The zero-order valence-electron chi connectivity index (χ0n) is 35.4. The standard InChI is InChI=1S/2C22H26N6O3/c2*1-22(14-29)12-15-10-17(18(11-19(15)31-22)27-8-6-26(2)7-9-27)25-21(30)16-13-24-28-5-3-4-23-20(16)28/h2*3-5,10-11,13,29H,6-9,12,14H2,1-2H3,(H,25,30)/t2*22-/m10/s1. The van der Waals surface area contributed by atoms with Crippen molar-refractivity contribution in [3.8, 4) is 11.5 Å². The van der Waals surface area contributed by atoms with E-state index < -0.39 is 11.2 Å². The molecule has 0 spiro atoms. The van der Waals surface area contributed by atoms with E-state index in [1.165, 1.54) is 12.4 Å². The van der Waals surface area contributed by atoms with Gasteiger partial charge in [-0.2, -0.15) is 10.2 Å². The number of likely N-dealkylation sites (N-methyl/N-ethyl adjacent to an activating group) is 2. The molecule has 0 radical (unpaired) electrons. The Kier molecular flexibility index (Phi) is 10.9. The molecule has 4 N–H and O–H groups in total. The number of aliphatic hydroxyl groups excluding tert-OH is 2. The molecule has 4 aliphatic rings. The maximum atomic E-state index is 13.2. The Morgan fingerprint density at radius 2 is 1.05 bits per heavy atom. The lowest BCUT2D eigenvalue weighted by molar-refractivity contribution is 0.0446. The molecule has 324 valence electrons. The van der Waals surface area contributed by atoms with Crippen molar-refractivity contribution in [3.63, 3.8) is 0 Å². The second-order valence-corrected chi connectivity index (χ2v) is 17.1. The van der Waals surface area contributed by atoms with Crippen LogP contribution in [0.2, 0.25) is 0 Å². The van der Waals surface area contributed by atoms with Crippen LogP contribution >= 0.6 is 0 Å². The van der Waals surface area contributed by atoms with Gasteiger partial charge in [-0.3, -0.25) is 9.59 Å². The molecule has 18 nitrogen and oxygen atoms in total. The SMILES string of the molecule is CN1CCN(c2cc3c(cc2NC(=O)c2cnn4cccnc24)C[C@@](C)(CO)O3)CC1.CN1CCN(c2cc3c(cc2NC(=O)c2cnn4cccnc24)C[C@](C)(CO)O3)CC1. The molecule has 2 amide bonds. The predicted octanol–water partition coefficient (Wildman–Crippen LogP) is 2.84. The number of carbonyl (C=O) groups excluding carboxylic acids is 2. The highest BCUT2D eigenvalue weighted by molar-refractivity contribution is 6.10. The van der Waals surface area contributed by atoms with Gasteiger partial charge in [-0.05, 0) is 52.2 Å². The van der Waals surface area contributed by atoms with Crippen molar-refractivity contribution in [1.82, 2.24) is 39.0 Å². The van der Waals surface area contributed by atoms with Gasteiger partial charge in [0.25, 0.3) is 11.8 Å². The number of nitrogens with one attached hydrogen (secondary N) is 2. The Morgan fingerprint density at radius 3 is 1.44 bits per heavy atom. The maximum Gasteiger partial charge on any atom is 0.261 e. The van der Waals surface area contributed by atoms with E-state index in [4.69, 9.17) is 9.47 Å². The largest absolute Gasteiger partial charge is 0.484 e. The van der Waals surface area contributed by atoms with E-state index in [1.54, 1.807) is 46.0 Å². The van der Waals surface area contributed by atoms with Gasteiger partial charge in [0.05, 0.1) is 48.4 Å². The Morgan fingerprint density at radius 1 is 0.645 bits per heavy atom. The molecule has 62 heavy (non-hydrogen) atoms. The highest BCUT2D eigenvalue weighted by Crippen LogP contribution is 2.43. The molecule has 0 unspecified atom stereocenters. The fraction of sp³-hybridized carbons (Fsp3) is 0.409. The molecule has 8 heterocycles. The predicted molar refractivity (Wildman–Crippen MR) is 234 cm³/mol. The molecule has 0 aliphatic carbocycles. The van der Waals surface area contributed by atoms with E-state index in [-0.39, 0.29) is 25.0 Å². The molecule has 0 bridgehead atoms. The van der Waals surface area contributed by atoms with Crippen LogP contribution in [0.15, 0.2) is 73.6 Å². The van der Waals surface area contributed by atoms with Gasteiger partial charge in [0.1, 0.15) is 33.8 Å². The van der Waals surface area contributed by atoms with Crippen LogP contribution < -0.4 is 29.9 Å². The number of anilines is 4. The monoisotopic (exact) mass is 844 g/mol. The smallest absolute Gasteiger partial charge is 0.261 e. The second-order valence-electron chi connectivity index (χ2n) is 17.1. The molecule has 0 saturated carbocycles. The van der Waals surface area contributed by atoms with Crippen LogP contribution in [-0.2, 0) is 12.8 Å². The third kappa shape index (κ3) is 8.09.